The van der Waals surface area contributed by atoms with Crippen LogP contribution in [-0.4, -0.2) is 19.8 Å². The van der Waals surface area contributed by atoms with Crippen LogP contribution in [0.1, 0.15) is 12.5 Å². The van der Waals surface area contributed by atoms with Crippen molar-refractivity contribution < 1.29 is 13.9 Å². The Morgan fingerprint density at radius 2 is 2.00 bits per heavy atom. The van der Waals surface area contributed by atoms with E-state index in [0.717, 1.165) is 0 Å². The molecule has 2 N–H and O–H groups in total. The lowest BCUT2D eigenvalue weighted by Crippen LogP contribution is -2.47. The molecule has 0 amide bonds. The lowest BCUT2D eigenvalue weighted by Gasteiger charge is -2.38. The van der Waals surface area contributed by atoms with E-state index in [0.29, 0.717) is 24.7 Å². The smallest absolute Gasteiger partial charge is 0.210 e. The molecule has 1 saturated heterocycles. The molecule has 0 spiro atoms. The van der Waals surface area contributed by atoms with Crippen LogP contribution in [0.4, 0.5) is 4.39 Å². The van der Waals surface area contributed by atoms with E-state index in [1.807, 2.05) is 6.92 Å². The molecular weight excluding hydrogens is 209 g/mol. The van der Waals surface area contributed by atoms with Gasteiger partial charge in [-0.1, -0.05) is 25.1 Å². The highest BCUT2D eigenvalue weighted by molar-refractivity contribution is 5.23. The lowest BCUT2D eigenvalue weighted by molar-refractivity contribution is -0.285. The highest BCUT2D eigenvalue weighted by Crippen LogP contribution is 2.32. The summed E-state index contributed by atoms with van der Waals surface area (Å²) < 4.78 is 24.9. The van der Waals surface area contributed by atoms with Crippen LogP contribution in [0, 0.1) is 11.7 Å². The van der Waals surface area contributed by atoms with Gasteiger partial charge in [-0.25, -0.2) is 4.39 Å². The summed E-state index contributed by atoms with van der Waals surface area (Å²) in [5, 5.41) is 0. The summed E-state index contributed by atoms with van der Waals surface area (Å²) >= 11 is 0. The average molecular weight is 225 g/mol. The van der Waals surface area contributed by atoms with E-state index < -0.39 is 5.79 Å². The van der Waals surface area contributed by atoms with E-state index >= 15 is 0 Å². The van der Waals surface area contributed by atoms with Crippen molar-refractivity contribution in [1.82, 2.24) is 0 Å². The van der Waals surface area contributed by atoms with Crippen molar-refractivity contribution in [3.05, 3.63) is 35.6 Å². The van der Waals surface area contributed by atoms with E-state index in [2.05, 4.69) is 0 Å². The second kappa shape index (κ2) is 4.49. The van der Waals surface area contributed by atoms with Gasteiger partial charge in [0.25, 0.3) is 0 Å². The van der Waals surface area contributed by atoms with Crippen molar-refractivity contribution in [3.8, 4) is 0 Å². The van der Waals surface area contributed by atoms with Gasteiger partial charge >= 0.3 is 0 Å². The van der Waals surface area contributed by atoms with E-state index in [9.17, 15) is 4.39 Å². The van der Waals surface area contributed by atoms with Crippen LogP contribution in [0.25, 0.3) is 0 Å². The highest BCUT2D eigenvalue weighted by atomic mass is 19.1. The average Bonchev–Trinajstić information content (AvgIpc) is 2.32. The topological polar surface area (TPSA) is 44.5 Å². The minimum Gasteiger partial charge on any atom is -0.344 e. The van der Waals surface area contributed by atoms with Gasteiger partial charge in [-0.3, -0.25) is 0 Å². The van der Waals surface area contributed by atoms with Crippen LogP contribution in [0.5, 0.6) is 0 Å². The van der Waals surface area contributed by atoms with Crippen LogP contribution in [0.2, 0.25) is 0 Å². The van der Waals surface area contributed by atoms with Gasteiger partial charge in [-0.2, -0.15) is 0 Å². The van der Waals surface area contributed by atoms with Crippen LogP contribution in [0.3, 0.4) is 0 Å². The highest BCUT2D eigenvalue weighted by Gasteiger charge is 2.39. The molecule has 16 heavy (non-hydrogen) atoms. The van der Waals surface area contributed by atoms with Crippen LogP contribution >= 0.6 is 0 Å². The fourth-order valence-electron chi connectivity index (χ4n) is 1.80. The summed E-state index contributed by atoms with van der Waals surface area (Å²) in [6.07, 6.45) is 0. The molecule has 88 valence electrons. The summed E-state index contributed by atoms with van der Waals surface area (Å²) in [5.74, 6) is -1.15. The van der Waals surface area contributed by atoms with Crippen LogP contribution < -0.4 is 5.73 Å². The Labute approximate surface area is 94.3 Å². The van der Waals surface area contributed by atoms with Gasteiger partial charge in [0.2, 0.25) is 5.79 Å². The van der Waals surface area contributed by atoms with Gasteiger partial charge in [-0.15, -0.1) is 0 Å². The first-order valence-corrected chi connectivity index (χ1v) is 5.41. The van der Waals surface area contributed by atoms with Crippen LogP contribution in [0.15, 0.2) is 24.3 Å². The summed E-state index contributed by atoms with van der Waals surface area (Å²) in [7, 11) is 0. The predicted octanol–water partition coefficient (Wildman–Crippen LogP) is 1.62. The zero-order valence-corrected chi connectivity index (χ0v) is 9.28. The van der Waals surface area contributed by atoms with Crippen molar-refractivity contribution in [3.63, 3.8) is 0 Å². The van der Waals surface area contributed by atoms with Crippen molar-refractivity contribution in [2.45, 2.75) is 12.7 Å². The SMILES string of the molecule is CC1COC(CN)(c2ccccc2F)OC1. The molecule has 0 unspecified atom stereocenters. The zero-order valence-electron chi connectivity index (χ0n) is 9.28. The molecule has 0 saturated carbocycles. The molecule has 1 aliphatic rings. The maximum atomic E-state index is 13.7. The molecule has 0 atom stereocenters. The van der Waals surface area contributed by atoms with Gasteiger partial charge in [0.1, 0.15) is 5.82 Å². The Hall–Kier alpha value is -0.970. The van der Waals surface area contributed by atoms with E-state index in [4.69, 9.17) is 15.2 Å². The van der Waals surface area contributed by atoms with Crippen molar-refractivity contribution in [2.24, 2.45) is 11.7 Å². The summed E-state index contributed by atoms with van der Waals surface area (Å²) in [6, 6.07) is 6.42. The third-order valence-corrected chi connectivity index (χ3v) is 2.75. The molecule has 1 fully saturated rings. The Kier molecular flexibility index (Phi) is 3.23. The molecular formula is C12H16FNO2. The minimum absolute atomic E-state index is 0.112. The van der Waals surface area contributed by atoms with Gasteiger partial charge in [0.05, 0.1) is 19.8 Å². The number of nitrogens with two attached hydrogens (primary N) is 1. The largest absolute Gasteiger partial charge is 0.344 e. The van der Waals surface area contributed by atoms with E-state index in [-0.39, 0.29) is 12.4 Å². The fraction of sp³-hybridized carbons (Fsp3) is 0.500. The monoisotopic (exact) mass is 225 g/mol. The third-order valence-electron chi connectivity index (χ3n) is 2.75. The van der Waals surface area contributed by atoms with E-state index in [1.165, 1.54) is 6.07 Å². The standard InChI is InChI=1S/C12H16FNO2/c1-9-6-15-12(8-14,16-7-9)10-4-2-3-5-11(10)13/h2-5,9H,6-8,14H2,1H3. The number of rotatable bonds is 2. The lowest BCUT2D eigenvalue weighted by atomic mass is 10.0. The predicted molar refractivity (Wildman–Crippen MR) is 58.2 cm³/mol. The Bertz CT molecular complexity index is 362. The number of hydrogen-bond acceptors (Lipinski definition) is 3. The number of halogens is 1. The molecule has 0 aromatic heterocycles. The maximum absolute atomic E-state index is 13.7. The normalized spacial score (nSPS) is 30.3. The third kappa shape index (κ3) is 1.96. The summed E-state index contributed by atoms with van der Waals surface area (Å²) in [4.78, 5) is 0. The van der Waals surface area contributed by atoms with E-state index in [1.54, 1.807) is 18.2 Å². The fourth-order valence-corrected chi connectivity index (χ4v) is 1.80. The molecule has 1 aliphatic heterocycles. The van der Waals surface area contributed by atoms with Gasteiger partial charge < -0.3 is 15.2 Å². The maximum Gasteiger partial charge on any atom is 0.210 e. The Morgan fingerprint density at radius 3 is 2.56 bits per heavy atom. The number of benzene rings is 1. The van der Waals surface area contributed by atoms with Gasteiger partial charge in [0, 0.05) is 11.5 Å². The molecule has 1 heterocycles. The molecule has 0 aliphatic carbocycles. The molecule has 1 aromatic carbocycles. The second-order valence-electron chi connectivity index (χ2n) is 4.16. The van der Waals surface area contributed by atoms with Crippen molar-refractivity contribution in [2.75, 3.05) is 19.8 Å². The van der Waals surface area contributed by atoms with Crippen molar-refractivity contribution in [1.29, 1.82) is 0 Å². The number of ether oxygens (including phenoxy) is 2. The van der Waals surface area contributed by atoms with Crippen LogP contribution in [-0.2, 0) is 15.3 Å². The van der Waals surface area contributed by atoms with Crippen molar-refractivity contribution >= 4 is 0 Å². The summed E-state index contributed by atoms with van der Waals surface area (Å²) in [5.41, 5.74) is 6.05. The minimum atomic E-state index is -1.11. The molecule has 3 nitrogen and oxygen atoms in total. The van der Waals surface area contributed by atoms with Gasteiger partial charge in [0.15, 0.2) is 0 Å². The first-order valence-electron chi connectivity index (χ1n) is 5.41. The Morgan fingerprint density at radius 1 is 1.38 bits per heavy atom. The van der Waals surface area contributed by atoms with Gasteiger partial charge in [-0.05, 0) is 6.07 Å². The molecule has 1 aromatic rings. The Balaban J connectivity index is 2.32. The number of hydrogen-bond donors (Lipinski definition) is 1. The quantitative estimate of drug-likeness (QED) is 0.831. The summed E-state index contributed by atoms with van der Waals surface area (Å²) in [6.45, 7) is 3.19. The first-order chi connectivity index (χ1) is 7.68. The molecule has 0 bridgehead atoms. The zero-order chi connectivity index (χ0) is 11.6. The molecule has 0 radical (unpaired) electrons. The molecule has 2 rings (SSSR count). The first kappa shape index (κ1) is 11.5. The second-order valence-corrected chi connectivity index (χ2v) is 4.16. The molecule has 4 heteroatoms.